The number of hydrogen-bond acceptors (Lipinski definition) is 4. The fourth-order valence-electron chi connectivity index (χ4n) is 12.0. The lowest BCUT2D eigenvalue weighted by Gasteiger charge is -2.58. The molecule has 4 heteroatoms. The molecule has 0 amide bonds. The molecular formula is C47H68O4. The Morgan fingerprint density at radius 3 is 2.22 bits per heavy atom. The highest BCUT2D eigenvalue weighted by Gasteiger charge is 2.59. The van der Waals surface area contributed by atoms with E-state index in [1.165, 1.54) is 68.9 Å². The molecule has 4 nitrogen and oxygen atoms in total. The lowest BCUT2D eigenvalue weighted by atomic mass is 9.47. The minimum atomic E-state index is -0.281. The quantitative estimate of drug-likeness (QED) is 0.195. The van der Waals surface area contributed by atoms with Crippen molar-refractivity contribution >= 4 is 0 Å². The second-order valence-electron chi connectivity index (χ2n) is 18.4. The maximum absolute atomic E-state index is 6.90. The zero-order valence-corrected chi connectivity index (χ0v) is 32.7. The SMILES string of the molecule is CC(C)CCC[C@@H](C)[C@H]1CC[C@H]2[C@@H]3CC=C4C[C@@H](O[C@@H]5C[C@H](OCc6ccccc6)[C@H](OCc6ccccc6)[C@H](C)O5)CC[C@]4(C)[C@H]3CC[C@]12C. The van der Waals surface area contributed by atoms with E-state index in [4.69, 9.17) is 18.9 Å². The smallest absolute Gasteiger partial charge is 0.161 e. The van der Waals surface area contributed by atoms with Crippen molar-refractivity contribution in [2.24, 2.45) is 46.3 Å². The number of benzene rings is 2. The molecule has 4 aliphatic carbocycles. The number of rotatable bonds is 13. The van der Waals surface area contributed by atoms with E-state index in [1.807, 2.05) is 6.07 Å². The molecule has 2 aromatic rings. The molecule has 3 saturated carbocycles. The molecule has 5 aliphatic rings. The molecule has 280 valence electrons. The van der Waals surface area contributed by atoms with Gasteiger partial charge in [0.1, 0.15) is 6.10 Å². The first-order chi connectivity index (χ1) is 24.6. The molecule has 0 N–H and O–H groups in total. The van der Waals surface area contributed by atoms with Crippen LogP contribution in [0, 0.1) is 46.3 Å². The molecule has 0 radical (unpaired) electrons. The van der Waals surface area contributed by atoms with Gasteiger partial charge in [0, 0.05) is 6.42 Å². The zero-order chi connectivity index (χ0) is 35.6. The summed E-state index contributed by atoms with van der Waals surface area (Å²) in [5.74, 6) is 5.21. The molecular weight excluding hydrogens is 629 g/mol. The van der Waals surface area contributed by atoms with Crippen molar-refractivity contribution in [1.82, 2.24) is 0 Å². The van der Waals surface area contributed by atoms with Gasteiger partial charge in [-0.2, -0.15) is 0 Å². The fourth-order valence-corrected chi connectivity index (χ4v) is 12.0. The molecule has 0 unspecified atom stereocenters. The lowest BCUT2D eigenvalue weighted by molar-refractivity contribution is -0.278. The predicted molar refractivity (Wildman–Crippen MR) is 207 cm³/mol. The molecule has 0 spiro atoms. The maximum atomic E-state index is 6.90. The summed E-state index contributed by atoms with van der Waals surface area (Å²) in [6.07, 6.45) is 17.6. The van der Waals surface area contributed by atoms with Crippen LogP contribution in [0.15, 0.2) is 72.3 Å². The Hall–Kier alpha value is -1.98. The van der Waals surface area contributed by atoms with Gasteiger partial charge < -0.3 is 18.9 Å². The number of hydrogen-bond donors (Lipinski definition) is 0. The molecule has 1 aliphatic heterocycles. The summed E-state index contributed by atoms with van der Waals surface area (Å²) in [5.41, 5.74) is 4.89. The van der Waals surface area contributed by atoms with Crippen LogP contribution in [0.1, 0.15) is 130 Å². The molecule has 0 bridgehead atoms. The van der Waals surface area contributed by atoms with Crippen LogP contribution in [0.5, 0.6) is 0 Å². The minimum Gasteiger partial charge on any atom is -0.371 e. The normalized spacial score (nSPS) is 38.4. The van der Waals surface area contributed by atoms with Crippen molar-refractivity contribution in [3.8, 4) is 0 Å². The molecule has 7 rings (SSSR count). The Balaban J connectivity index is 0.981. The van der Waals surface area contributed by atoms with Gasteiger partial charge in [-0.05, 0) is 116 Å². The van der Waals surface area contributed by atoms with Gasteiger partial charge in [0.2, 0.25) is 0 Å². The molecule has 51 heavy (non-hydrogen) atoms. The molecule has 1 heterocycles. The molecule has 0 aromatic heterocycles. The van der Waals surface area contributed by atoms with E-state index in [0.29, 0.717) is 30.5 Å². The highest BCUT2D eigenvalue weighted by molar-refractivity contribution is 5.25. The van der Waals surface area contributed by atoms with Gasteiger partial charge in [-0.25, -0.2) is 0 Å². The van der Waals surface area contributed by atoms with Crippen LogP contribution in [0.2, 0.25) is 0 Å². The van der Waals surface area contributed by atoms with Crippen molar-refractivity contribution in [1.29, 1.82) is 0 Å². The van der Waals surface area contributed by atoms with E-state index in [1.54, 1.807) is 5.57 Å². The third kappa shape index (κ3) is 8.10. The molecule has 4 fully saturated rings. The summed E-state index contributed by atoms with van der Waals surface area (Å²) in [7, 11) is 0. The van der Waals surface area contributed by atoms with Crippen molar-refractivity contribution in [2.75, 3.05) is 0 Å². The first-order valence-electron chi connectivity index (χ1n) is 21.0. The monoisotopic (exact) mass is 697 g/mol. The van der Waals surface area contributed by atoms with Crippen molar-refractivity contribution in [3.63, 3.8) is 0 Å². The van der Waals surface area contributed by atoms with E-state index < -0.39 is 0 Å². The van der Waals surface area contributed by atoms with Crippen LogP contribution in [-0.4, -0.2) is 30.7 Å². The van der Waals surface area contributed by atoms with Gasteiger partial charge in [0.25, 0.3) is 0 Å². The summed E-state index contributed by atoms with van der Waals surface area (Å²) in [4.78, 5) is 0. The summed E-state index contributed by atoms with van der Waals surface area (Å²) >= 11 is 0. The number of allylic oxidation sites excluding steroid dienone is 1. The van der Waals surface area contributed by atoms with Crippen LogP contribution in [0.25, 0.3) is 0 Å². The minimum absolute atomic E-state index is 0.101. The maximum Gasteiger partial charge on any atom is 0.161 e. The Bertz CT molecular complexity index is 1420. The van der Waals surface area contributed by atoms with Crippen LogP contribution in [0.3, 0.4) is 0 Å². The Labute approximate surface area is 310 Å². The highest BCUT2D eigenvalue weighted by atomic mass is 16.7. The fraction of sp³-hybridized carbons (Fsp3) is 0.702. The third-order valence-electron chi connectivity index (χ3n) is 14.8. The van der Waals surface area contributed by atoms with Gasteiger partial charge in [0.15, 0.2) is 6.29 Å². The topological polar surface area (TPSA) is 36.9 Å². The van der Waals surface area contributed by atoms with E-state index in [9.17, 15) is 0 Å². The Morgan fingerprint density at radius 1 is 0.804 bits per heavy atom. The van der Waals surface area contributed by atoms with E-state index >= 15 is 0 Å². The van der Waals surface area contributed by atoms with Crippen molar-refractivity contribution in [3.05, 3.63) is 83.4 Å². The second kappa shape index (κ2) is 16.2. The summed E-state index contributed by atoms with van der Waals surface area (Å²) in [6, 6.07) is 20.9. The average Bonchev–Trinajstić information content (AvgIpc) is 3.48. The van der Waals surface area contributed by atoms with Crippen LogP contribution in [-0.2, 0) is 32.2 Å². The Morgan fingerprint density at radius 2 is 1.51 bits per heavy atom. The van der Waals surface area contributed by atoms with Gasteiger partial charge in [0.05, 0.1) is 31.5 Å². The van der Waals surface area contributed by atoms with Gasteiger partial charge in [-0.1, -0.05) is 126 Å². The van der Waals surface area contributed by atoms with Gasteiger partial charge in [-0.3, -0.25) is 0 Å². The van der Waals surface area contributed by atoms with Crippen molar-refractivity contribution < 1.29 is 18.9 Å². The van der Waals surface area contributed by atoms with E-state index in [-0.39, 0.29) is 30.7 Å². The summed E-state index contributed by atoms with van der Waals surface area (Å²) < 4.78 is 26.6. The third-order valence-corrected chi connectivity index (χ3v) is 14.8. The van der Waals surface area contributed by atoms with E-state index in [0.717, 1.165) is 48.3 Å². The van der Waals surface area contributed by atoms with Crippen LogP contribution >= 0.6 is 0 Å². The van der Waals surface area contributed by atoms with Gasteiger partial charge in [-0.15, -0.1) is 0 Å². The first-order valence-corrected chi connectivity index (χ1v) is 21.0. The van der Waals surface area contributed by atoms with E-state index in [2.05, 4.69) is 102 Å². The predicted octanol–water partition coefficient (Wildman–Crippen LogP) is 11.7. The molecule has 2 aromatic carbocycles. The number of ether oxygens (including phenoxy) is 4. The van der Waals surface area contributed by atoms with Gasteiger partial charge >= 0.3 is 0 Å². The summed E-state index contributed by atoms with van der Waals surface area (Å²) in [5, 5.41) is 0. The molecule has 12 atom stereocenters. The number of fused-ring (bicyclic) bond motifs is 5. The summed E-state index contributed by atoms with van der Waals surface area (Å²) in [6.45, 7) is 15.9. The van der Waals surface area contributed by atoms with Crippen LogP contribution < -0.4 is 0 Å². The molecule has 1 saturated heterocycles. The average molecular weight is 697 g/mol. The first kappa shape index (κ1) is 37.3. The van der Waals surface area contributed by atoms with Crippen LogP contribution in [0.4, 0.5) is 0 Å². The van der Waals surface area contributed by atoms with Crippen molar-refractivity contribution in [2.45, 2.75) is 163 Å². The lowest BCUT2D eigenvalue weighted by Crippen LogP contribution is -2.52. The Kier molecular flexibility index (Phi) is 11.8. The second-order valence-corrected chi connectivity index (χ2v) is 18.4. The zero-order valence-electron chi connectivity index (χ0n) is 32.7. The standard InChI is InChI=1S/C47H68O4/c1-32(2)14-13-15-33(3)40-22-23-41-39-21-20-37-28-38(24-26-46(37,5)42(39)25-27-47(40,41)6)51-44-29-43(48-30-35-16-9-7-10-17-35)45(34(4)50-44)49-31-36-18-11-8-12-19-36/h7-12,16-20,32-34,38-45H,13-15,21-31H2,1-6H3/t33-,34+,38+,39+,40-,41+,42+,43+,44-,45-,46+,47-/m1/s1. The highest BCUT2D eigenvalue weighted by Crippen LogP contribution is 2.67. The largest absolute Gasteiger partial charge is 0.371 e.